The van der Waals surface area contributed by atoms with Gasteiger partial charge < -0.3 is 15.5 Å². The zero-order valence-electron chi connectivity index (χ0n) is 18.1. The fourth-order valence-corrected chi connectivity index (χ4v) is 4.28. The second-order valence-electron chi connectivity index (χ2n) is 8.02. The summed E-state index contributed by atoms with van der Waals surface area (Å²) in [4.78, 5) is 24.4. The number of aromatic nitrogens is 3. The summed E-state index contributed by atoms with van der Waals surface area (Å²) in [5.74, 6) is 0.938. The summed E-state index contributed by atoms with van der Waals surface area (Å²) in [5, 5.41) is 8.03. The fraction of sp³-hybridized carbons (Fsp3) is 0.208. The monoisotopic (exact) mass is 430 g/mol. The number of para-hydroxylation sites is 1. The summed E-state index contributed by atoms with van der Waals surface area (Å²) in [6, 6.07) is 13.6. The molecule has 0 fully saturated rings. The molecule has 8 heteroatoms. The molecule has 1 unspecified atom stereocenters. The highest BCUT2D eigenvalue weighted by Crippen LogP contribution is 2.36. The Bertz CT molecular complexity index is 1400. The number of hydrogen-bond donors (Lipinski definition) is 2. The highest BCUT2D eigenvalue weighted by Gasteiger charge is 2.24. The molecule has 5 rings (SSSR count). The first-order valence-electron chi connectivity index (χ1n) is 10.4. The minimum Gasteiger partial charge on any atom is -0.360 e. The molecule has 0 radical (unpaired) electrons. The molecule has 162 valence electrons. The molecule has 1 aliphatic rings. The van der Waals surface area contributed by atoms with Gasteiger partial charge in [0, 0.05) is 12.7 Å². The Kier molecular flexibility index (Phi) is 4.77. The molecule has 2 aromatic heterocycles. The van der Waals surface area contributed by atoms with Crippen LogP contribution < -0.4 is 21.1 Å². The molecule has 0 aliphatic carbocycles. The maximum atomic E-state index is 14.8. The van der Waals surface area contributed by atoms with Gasteiger partial charge in [-0.1, -0.05) is 30.3 Å². The van der Waals surface area contributed by atoms with Gasteiger partial charge in [0.2, 0.25) is 0 Å². The number of nitrogens with one attached hydrogen (secondary N) is 2. The van der Waals surface area contributed by atoms with Crippen molar-refractivity contribution in [3.8, 4) is 5.69 Å². The van der Waals surface area contributed by atoms with Crippen molar-refractivity contribution in [3.63, 3.8) is 0 Å². The lowest BCUT2D eigenvalue weighted by molar-refractivity contribution is 0.611. The van der Waals surface area contributed by atoms with Crippen molar-refractivity contribution < 1.29 is 4.39 Å². The van der Waals surface area contributed by atoms with Gasteiger partial charge in [0.1, 0.15) is 17.8 Å². The minimum atomic E-state index is -0.456. The molecule has 32 heavy (non-hydrogen) atoms. The summed E-state index contributed by atoms with van der Waals surface area (Å²) in [7, 11) is 1.95. The van der Waals surface area contributed by atoms with Crippen LogP contribution in [0.15, 0.2) is 59.7 Å². The van der Waals surface area contributed by atoms with E-state index in [0.717, 1.165) is 22.5 Å². The first-order valence-corrected chi connectivity index (χ1v) is 10.4. The van der Waals surface area contributed by atoms with Crippen LogP contribution in [0.1, 0.15) is 24.2 Å². The quantitative estimate of drug-likeness (QED) is 0.505. The van der Waals surface area contributed by atoms with E-state index in [-0.39, 0.29) is 17.3 Å². The van der Waals surface area contributed by atoms with Crippen LogP contribution in [0.3, 0.4) is 0 Å². The molecule has 1 atom stereocenters. The second kappa shape index (κ2) is 7.64. The summed E-state index contributed by atoms with van der Waals surface area (Å²) in [6.07, 6.45) is 1.49. The number of nitrogens with zero attached hydrogens (tertiary/aromatic N) is 4. The third-order valence-corrected chi connectivity index (χ3v) is 5.86. The van der Waals surface area contributed by atoms with Crippen LogP contribution in [0.2, 0.25) is 0 Å². The van der Waals surface area contributed by atoms with E-state index in [0.29, 0.717) is 23.6 Å². The number of aryl methyl sites for hydroxylation is 1. The molecule has 0 amide bonds. The zero-order chi connectivity index (χ0) is 22.4. The normalized spacial score (nSPS) is 13.7. The van der Waals surface area contributed by atoms with Gasteiger partial charge in [-0.3, -0.25) is 9.36 Å². The van der Waals surface area contributed by atoms with Crippen molar-refractivity contribution in [1.82, 2.24) is 14.5 Å². The molecule has 0 spiro atoms. The van der Waals surface area contributed by atoms with E-state index in [1.165, 1.54) is 17.0 Å². The number of rotatable bonds is 4. The molecule has 3 heterocycles. The highest BCUT2D eigenvalue weighted by atomic mass is 19.1. The van der Waals surface area contributed by atoms with Crippen LogP contribution in [-0.4, -0.2) is 28.3 Å². The number of benzene rings is 2. The van der Waals surface area contributed by atoms with Crippen molar-refractivity contribution in [1.29, 1.82) is 0 Å². The lowest BCUT2D eigenvalue weighted by Crippen LogP contribution is -2.27. The Morgan fingerprint density at radius 3 is 2.78 bits per heavy atom. The third kappa shape index (κ3) is 3.15. The Morgan fingerprint density at radius 2 is 1.97 bits per heavy atom. The van der Waals surface area contributed by atoms with Crippen LogP contribution in [0.25, 0.3) is 16.5 Å². The van der Waals surface area contributed by atoms with Crippen molar-refractivity contribution in [3.05, 3.63) is 82.3 Å². The highest BCUT2D eigenvalue weighted by molar-refractivity contribution is 5.86. The van der Waals surface area contributed by atoms with E-state index in [1.807, 2.05) is 50.1 Å². The molecule has 4 aromatic rings. The van der Waals surface area contributed by atoms with Crippen LogP contribution >= 0.6 is 0 Å². The van der Waals surface area contributed by atoms with E-state index in [4.69, 9.17) is 0 Å². The number of halogens is 1. The van der Waals surface area contributed by atoms with Crippen LogP contribution in [0, 0.1) is 12.7 Å². The van der Waals surface area contributed by atoms with Crippen LogP contribution in [0.4, 0.5) is 21.7 Å². The number of fused-ring (bicyclic) bond motifs is 2. The lowest BCUT2D eigenvalue weighted by atomic mass is 10.0. The van der Waals surface area contributed by atoms with Crippen molar-refractivity contribution in [2.45, 2.75) is 19.9 Å². The molecule has 2 aromatic carbocycles. The van der Waals surface area contributed by atoms with Gasteiger partial charge in [-0.05, 0) is 43.0 Å². The van der Waals surface area contributed by atoms with Crippen molar-refractivity contribution in [2.24, 2.45) is 0 Å². The maximum absolute atomic E-state index is 14.8. The van der Waals surface area contributed by atoms with Gasteiger partial charge in [-0.15, -0.1) is 0 Å². The predicted octanol–water partition coefficient (Wildman–Crippen LogP) is 4.22. The van der Waals surface area contributed by atoms with Crippen LogP contribution in [-0.2, 0) is 0 Å². The van der Waals surface area contributed by atoms with E-state index >= 15 is 0 Å². The van der Waals surface area contributed by atoms with Gasteiger partial charge in [-0.25, -0.2) is 14.4 Å². The Morgan fingerprint density at radius 1 is 1.16 bits per heavy atom. The number of pyridine rings is 1. The standard InChI is InChI=1S/C24H23FN6O/c1-14-7-6-8-16-11-19(31(24(32)20(14)16)18-10-5-4-9-17(18)25)15(2)29-23-21-22(26-12-27-23)28-13-30(21)3/h4-12,15H,13H2,1-3H3,(H2,26,27,28,29). The summed E-state index contributed by atoms with van der Waals surface area (Å²) < 4.78 is 16.3. The second-order valence-corrected chi connectivity index (χ2v) is 8.02. The Hall–Kier alpha value is -3.94. The fourth-order valence-electron chi connectivity index (χ4n) is 4.28. The molecule has 0 saturated heterocycles. The van der Waals surface area contributed by atoms with Gasteiger partial charge >= 0.3 is 0 Å². The predicted molar refractivity (Wildman–Crippen MR) is 125 cm³/mol. The van der Waals surface area contributed by atoms with E-state index in [2.05, 4.69) is 20.6 Å². The smallest absolute Gasteiger partial charge is 0.263 e. The van der Waals surface area contributed by atoms with Crippen LogP contribution in [0.5, 0.6) is 0 Å². The first-order chi connectivity index (χ1) is 15.5. The SMILES string of the molecule is Cc1cccc2cc(C(C)Nc3ncnc4c3N(C)CN4)n(-c3ccccc3F)c(=O)c12. The molecule has 7 nitrogen and oxygen atoms in total. The summed E-state index contributed by atoms with van der Waals surface area (Å²) in [6.45, 7) is 4.46. The molecular weight excluding hydrogens is 407 g/mol. The van der Waals surface area contributed by atoms with E-state index in [1.54, 1.807) is 18.2 Å². The zero-order valence-corrected chi connectivity index (χ0v) is 18.1. The van der Waals surface area contributed by atoms with Crippen molar-refractivity contribution >= 4 is 28.1 Å². The molecular formula is C24H23FN6O. The number of anilines is 3. The summed E-state index contributed by atoms with van der Waals surface area (Å²) in [5.41, 5.74) is 2.32. The van der Waals surface area contributed by atoms with Gasteiger partial charge in [0.15, 0.2) is 11.6 Å². The topological polar surface area (TPSA) is 75.1 Å². The maximum Gasteiger partial charge on any atom is 0.263 e. The average molecular weight is 430 g/mol. The molecule has 1 aliphatic heterocycles. The average Bonchev–Trinajstić information content (AvgIpc) is 3.16. The Labute approximate surface area is 184 Å². The van der Waals surface area contributed by atoms with Crippen molar-refractivity contribution in [2.75, 3.05) is 29.2 Å². The Balaban J connectivity index is 1.70. The van der Waals surface area contributed by atoms with Gasteiger partial charge in [0.05, 0.1) is 23.8 Å². The largest absolute Gasteiger partial charge is 0.360 e. The summed E-state index contributed by atoms with van der Waals surface area (Å²) >= 11 is 0. The van der Waals surface area contributed by atoms with Gasteiger partial charge in [-0.2, -0.15) is 0 Å². The lowest BCUT2D eigenvalue weighted by Gasteiger charge is -2.23. The molecule has 0 saturated carbocycles. The number of hydrogen-bond acceptors (Lipinski definition) is 6. The first kappa shape index (κ1) is 20.0. The molecule has 2 N–H and O–H groups in total. The van der Waals surface area contributed by atoms with Gasteiger partial charge in [0.25, 0.3) is 5.56 Å². The third-order valence-electron chi connectivity index (χ3n) is 5.86. The minimum absolute atomic E-state index is 0.220. The van der Waals surface area contributed by atoms with E-state index < -0.39 is 5.82 Å². The molecule has 0 bridgehead atoms. The van der Waals surface area contributed by atoms with E-state index in [9.17, 15) is 9.18 Å².